The topological polar surface area (TPSA) is 66.7 Å². The highest BCUT2D eigenvalue weighted by atomic mass is 32.1. The Labute approximate surface area is 157 Å². The first-order valence-corrected chi connectivity index (χ1v) is 10.3. The Hall–Kier alpha value is -1.73. The monoisotopic (exact) mass is 374 g/mol. The van der Waals surface area contributed by atoms with Crippen LogP contribution in [0.5, 0.6) is 0 Å². The van der Waals surface area contributed by atoms with Crippen molar-refractivity contribution in [1.29, 1.82) is 0 Å². The predicted molar refractivity (Wildman–Crippen MR) is 103 cm³/mol. The molecule has 2 aliphatic rings. The molecule has 1 saturated heterocycles. The van der Waals surface area contributed by atoms with Gasteiger partial charge in [-0.25, -0.2) is 4.98 Å². The Morgan fingerprint density at radius 3 is 2.65 bits per heavy atom. The Morgan fingerprint density at radius 2 is 1.96 bits per heavy atom. The molecular weight excluding hydrogens is 348 g/mol. The molecule has 26 heavy (non-hydrogen) atoms. The third kappa shape index (κ3) is 3.55. The summed E-state index contributed by atoms with van der Waals surface area (Å²) < 4.78 is 1.55. The number of rotatable bonds is 5. The number of fused-ring (bicyclic) bond motifs is 1. The third-order valence-corrected chi connectivity index (χ3v) is 6.81. The van der Waals surface area contributed by atoms with Crippen LogP contribution in [0.15, 0.2) is 11.0 Å². The van der Waals surface area contributed by atoms with E-state index in [9.17, 15) is 9.59 Å². The van der Waals surface area contributed by atoms with E-state index in [4.69, 9.17) is 0 Å². The molecule has 0 radical (unpaired) electrons. The van der Waals surface area contributed by atoms with Crippen LogP contribution in [0.2, 0.25) is 0 Å². The van der Waals surface area contributed by atoms with Crippen LogP contribution in [0.4, 0.5) is 0 Å². The van der Waals surface area contributed by atoms with Crippen molar-refractivity contribution in [3.05, 3.63) is 32.7 Å². The molecule has 1 N–H and O–H groups in total. The number of hydrogen-bond donors (Lipinski definition) is 1. The highest BCUT2D eigenvalue weighted by molar-refractivity contribution is 7.17. The molecule has 1 saturated carbocycles. The molecule has 2 aromatic rings. The first kappa shape index (κ1) is 17.7. The van der Waals surface area contributed by atoms with Gasteiger partial charge in [0.15, 0.2) is 4.96 Å². The summed E-state index contributed by atoms with van der Waals surface area (Å²) in [6.07, 6.45) is 6.44. The van der Waals surface area contributed by atoms with Crippen LogP contribution in [0.3, 0.4) is 0 Å². The Morgan fingerprint density at radius 1 is 1.23 bits per heavy atom. The Bertz CT molecular complexity index is 876. The Kier molecular flexibility index (Phi) is 4.84. The number of nitrogens with zero attached hydrogens (tertiary/aromatic N) is 3. The summed E-state index contributed by atoms with van der Waals surface area (Å²) in [4.78, 5) is 33.7. The summed E-state index contributed by atoms with van der Waals surface area (Å²) in [6, 6.07) is 0. The van der Waals surface area contributed by atoms with Crippen molar-refractivity contribution in [2.45, 2.75) is 39.5 Å². The summed E-state index contributed by atoms with van der Waals surface area (Å²) in [7, 11) is 0. The molecule has 7 heteroatoms. The normalized spacial score (nSPS) is 19.2. The number of nitrogens with one attached hydrogen (secondary N) is 1. The van der Waals surface area contributed by atoms with Gasteiger partial charge in [0.05, 0.1) is 0 Å². The van der Waals surface area contributed by atoms with Gasteiger partial charge in [0.1, 0.15) is 5.56 Å². The minimum atomic E-state index is -0.305. The first-order valence-electron chi connectivity index (χ1n) is 9.51. The van der Waals surface area contributed by atoms with Crippen LogP contribution in [0, 0.1) is 25.7 Å². The van der Waals surface area contributed by atoms with E-state index in [1.54, 1.807) is 4.40 Å². The molecule has 0 spiro atoms. The van der Waals surface area contributed by atoms with E-state index in [2.05, 4.69) is 15.2 Å². The summed E-state index contributed by atoms with van der Waals surface area (Å²) >= 11 is 1.47. The van der Waals surface area contributed by atoms with Crippen LogP contribution in [0.25, 0.3) is 4.96 Å². The zero-order valence-corrected chi connectivity index (χ0v) is 16.3. The SMILES string of the molecule is Cc1sc2ncc(C(=O)NCC3CCN(CC4CC4)CC3)c(=O)n2c1C. The standard InChI is InChI=1S/C19H26N4O2S/c1-12-13(2)26-19-21-10-16(18(25)23(12)19)17(24)20-9-14-5-7-22(8-6-14)11-15-3-4-15/h10,14-15H,3-9,11H2,1-2H3,(H,20,24). The lowest BCUT2D eigenvalue weighted by molar-refractivity contribution is 0.0933. The van der Waals surface area contributed by atoms with E-state index in [-0.39, 0.29) is 17.0 Å². The lowest BCUT2D eigenvalue weighted by Crippen LogP contribution is -2.40. The fraction of sp³-hybridized carbons (Fsp3) is 0.632. The van der Waals surface area contributed by atoms with Crippen molar-refractivity contribution in [3.8, 4) is 0 Å². The molecular formula is C19H26N4O2S. The highest BCUT2D eigenvalue weighted by Gasteiger charge is 2.27. The molecule has 0 bridgehead atoms. The molecule has 0 aromatic carbocycles. The molecule has 2 fully saturated rings. The van der Waals surface area contributed by atoms with Crippen LogP contribution >= 0.6 is 11.3 Å². The van der Waals surface area contributed by atoms with Crippen molar-refractivity contribution in [2.75, 3.05) is 26.2 Å². The zero-order chi connectivity index (χ0) is 18.3. The number of piperidine rings is 1. The minimum absolute atomic E-state index is 0.134. The fourth-order valence-corrected chi connectivity index (χ4v) is 4.63. The van der Waals surface area contributed by atoms with Crippen LogP contribution in [-0.2, 0) is 0 Å². The third-order valence-electron chi connectivity index (χ3n) is 5.73. The van der Waals surface area contributed by atoms with E-state index >= 15 is 0 Å². The number of aryl methyl sites for hydroxylation is 2. The number of aromatic nitrogens is 2. The maximum absolute atomic E-state index is 12.7. The highest BCUT2D eigenvalue weighted by Crippen LogP contribution is 2.31. The van der Waals surface area contributed by atoms with Crippen LogP contribution in [0.1, 0.15) is 46.6 Å². The average molecular weight is 375 g/mol. The number of amides is 1. The maximum atomic E-state index is 12.7. The smallest absolute Gasteiger partial charge is 0.271 e. The van der Waals surface area contributed by atoms with Crippen molar-refractivity contribution < 1.29 is 4.79 Å². The molecule has 0 atom stereocenters. The molecule has 1 amide bonds. The van der Waals surface area contributed by atoms with Crippen molar-refractivity contribution in [3.63, 3.8) is 0 Å². The fourth-order valence-electron chi connectivity index (χ4n) is 3.70. The lowest BCUT2D eigenvalue weighted by Gasteiger charge is -2.32. The second-order valence-corrected chi connectivity index (χ2v) is 8.92. The van der Waals surface area contributed by atoms with E-state index in [0.717, 1.165) is 42.4 Å². The number of carbonyl (C=O) groups is 1. The van der Waals surface area contributed by atoms with E-state index in [1.165, 1.54) is 36.9 Å². The van der Waals surface area contributed by atoms with E-state index in [0.29, 0.717) is 17.4 Å². The molecule has 6 nitrogen and oxygen atoms in total. The van der Waals surface area contributed by atoms with Gasteiger partial charge < -0.3 is 10.2 Å². The molecule has 3 heterocycles. The molecule has 140 valence electrons. The van der Waals surface area contributed by atoms with Crippen molar-refractivity contribution >= 4 is 22.2 Å². The maximum Gasteiger partial charge on any atom is 0.271 e. The minimum Gasteiger partial charge on any atom is -0.352 e. The lowest BCUT2D eigenvalue weighted by atomic mass is 9.96. The number of hydrogen-bond acceptors (Lipinski definition) is 5. The van der Waals surface area contributed by atoms with Crippen molar-refractivity contribution in [2.24, 2.45) is 11.8 Å². The summed E-state index contributed by atoms with van der Waals surface area (Å²) in [5, 5.41) is 2.96. The average Bonchev–Trinajstić information content (AvgIpc) is 3.39. The summed E-state index contributed by atoms with van der Waals surface area (Å²) in [5.41, 5.74) is 0.725. The molecule has 0 unspecified atom stereocenters. The summed E-state index contributed by atoms with van der Waals surface area (Å²) in [6.45, 7) is 7.99. The summed E-state index contributed by atoms with van der Waals surface area (Å²) in [5.74, 6) is 1.13. The second-order valence-electron chi connectivity index (χ2n) is 7.74. The zero-order valence-electron chi connectivity index (χ0n) is 15.5. The van der Waals surface area contributed by atoms with Gasteiger partial charge in [0, 0.05) is 29.9 Å². The number of likely N-dealkylation sites (tertiary alicyclic amines) is 1. The second kappa shape index (κ2) is 7.12. The van der Waals surface area contributed by atoms with Gasteiger partial charge in [-0.1, -0.05) is 0 Å². The predicted octanol–water partition coefficient (Wildman–Crippen LogP) is 2.22. The molecule has 4 rings (SSSR count). The van der Waals surface area contributed by atoms with E-state index < -0.39 is 0 Å². The van der Waals surface area contributed by atoms with Gasteiger partial charge in [0.2, 0.25) is 0 Å². The van der Waals surface area contributed by atoms with Gasteiger partial charge in [0.25, 0.3) is 11.5 Å². The van der Waals surface area contributed by atoms with Gasteiger partial charge in [-0.05, 0) is 64.5 Å². The van der Waals surface area contributed by atoms with Gasteiger partial charge in [-0.15, -0.1) is 11.3 Å². The van der Waals surface area contributed by atoms with Gasteiger partial charge >= 0.3 is 0 Å². The molecule has 2 aromatic heterocycles. The van der Waals surface area contributed by atoms with Crippen molar-refractivity contribution in [1.82, 2.24) is 19.6 Å². The molecule has 1 aliphatic carbocycles. The number of thiazole rings is 1. The first-order chi connectivity index (χ1) is 12.5. The quantitative estimate of drug-likeness (QED) is 0.871. The Balaban J connectivity index is 1.36. The van der Waals surface area contributed by atoms with Gasteiger partial charge in [-0.2, -0.15) is 0 Å². The van der Waals surface area contributed by atoms with Gasteiger partial charge in [-0.3, -0.25) is 14.0 Å². The van der Waals surface area contributed by atoms with Crippen LogP contribution in [-0.4, -0.2) is 46.4 Å². The molecule has 1 aliphatic heterocycles. The van der Waals surface area contributed by atoms with Crippen LogP contribution < -0.4 is 10.9 Å². The largest absolute Gasteiger partial charge is 0.352 e. The van der Waals surface area contributed by atoms with E-state index in [1.807, 2.05) is 13.8 Å². The number of carbonyl (C=O) groups excluding carboxylic acids is 1.